The van der Waals surface area contributed by atoms with E-state index in [1.54, 1.807) is 35.2 Å². The zero-order chi connectivity index (χ0) is 17.1. The van der Waals surface area contributed by atoms with Crippen LogP contribution >= 0.6 is 24.0 Å². The van der Waals surface area contributed by atoms with Crippen molar-refractivity contribution in [1.29, 1.82) is 0 Å². The van der Waals surface area contributed by atoms with Gasteiger partial charge in [-0.25, -0.2) is 4.39 Å². The van der Waals surface area contributed by atoms with E-state index in [0.717, 1.165) is 12.8 Å². The third-order valence-electron chi connectivity index (χ3n) is 3.97. The Balaban J connectivity index is 0.00000225. The molecule has 0 aliphatic carbocycles. The number of rotatable bonds is 3. The Morgan fingerprint density at radius 1 is 1.24 bits per heavy atom. The smallest absolute Gasteiger partial charge is 0.254 e. The first-order chi connectivity index (χ1) is 11.5. The SMILES string of the molecule is Cl.NC1CCCN(C(=O)c2ccc(Oc3ccc(Cl)cc3)c(F)c2)C1. The van der Waals surface area contributed by atoms with Crippen LogP contribution in [0.25, 0.3) is 0 Å². The molecule has 2 N–H and O–H groups in total. The summed E-state index contributed by atoms with van der Waals surface area (Å²) in [5.41, 5.74) is 6.19. The number of nitrogens with zero attached hydrogens (tertiary/aromatic N) is 1. The molecule has 0 bridgehead atoms. The number of hydrogen-bond acceptors (Lipinski definition) is 3. The van der Waals surface area contributed by atoms with Gasteiger partial charge in [-0.1, -0.05) is 11.6 Å². The number of hydrogen-bond donors (Lipinski definition) is 1. The van der Waals surface area contributed by atoms with Crippen molar-refractivity contribution in [1.82, 2.24) is 4.90 Å². The largest absolute Gasteiger partial charge is 0.454 e. The number of ether oxygens (including phenoxy) is 1. The molecule has 0 aromatic heterocycles. The van der Waals surface area contributed by atoms with Crippen molar-refractivity contribution in [2.75, 3.05) is 13.1 Å². The second-order valence-corrected chi connectivity index (χ2v) is 6.29. The number of carbonyl (C=O) groups excluding carboxylic acids is 1. The quantitative estimate of drug-likeness (QED) is 0.859. The summed E-state index contributed by atoms with van der Waals surface area (Å²) < 4.78 is 19.8. The molecule has 2 aromatic carbocycles. The van der Waals surface area contributed by atoms with Gasteiger partial charge in [-0.15, -0.1) is 12.4 Å². The van der Waals surface area contributed by atoms with E-state index in [1.807, 2.05) is 0 Å². The highest BCUT2D eigenvalue weighted by molar-refractivity contribution is 6.30. The lowest BCUT2D eigenvalue weighted by molar-refractivity contribution is 0.0708. The first-order valence-corrected chi connectivity index (χ1v) is 8.18. The van der Waals surface area contributed by atoms with Crippen molar-refractivity contribution in [3.8, 4) is 11.5 Å². The maximum Gasteiger partial charge on any atom is 0.254 e. The zero-order valence-corrected chi connectivity index (χ0v) is 15.0. The normalized spacial score (nSPS) is 16.9. The van der Waals surface area contributed by atoms with Crippen molar-refractivity contribution in [3.63, 3.8) is 0 Å². The summed E-state index contributed by atoms with van der Waals surface area (Å²) in [7, 11) is 0. The molecule has 2 aromatic rings. The fourth-order valence-electron chi connectivity index (χ4n) is 2.72. The lowest BCUT2D eigenvalue weighted by Gasteiger charge is -2.30. The van der Waals surface area contributed by atoms with Gasteiger partial charge in [0, 0.05) is 29.7 Å². The number of amides is 1. The molecule has 1 amide bonds. The second-order valence-electron chi connectivity index (χ2n) is 5.85. The fraction of sp³-hybridized carbons (Fsp3) is 0.278. The maximum atomic E-state index is 14.3. The van der Waals surface area contributed by atoms with E-state index in [0.29, 0.717) is 29.4 Å². The van der Waals surface area contributed by atoms with Crippen molar-refractivity contribution >= 4 is 29.9 Å². The molecule has 1 fully saturated rings. The third-order valence-corrected chi connectivity index (χ3v) is 4.22. The van der Waals surface area contributed by atoms with E-state index in [-0.39, 0.29) is 30.1 Å². The molecule has 1 unspecified atom stereocenters. The van der Waals surface area contributed by atoms with E-state index < -0.39 is 5.82 Å². The van der Waals surface area contributed by atoms with Crippen LogP contribution in [-0.4, -0.2) is 29.9 Å². The van der Waals surface area contributed by atoms with Crippen LogP contribution in [0.4, 0.5) is 4.39 Å². The molecular formula is C18H19Cl2FN2O2. The second kappa shape index (κ2) is 8.52. The highest BCUT2D eigenvalue weighted by Gasteiger charge is 2.23. The van der Waals surface area contributed by atoms with Crippen LogP contribution in [-0.2, 0) is 0 Å². The molecule has 1 aliphatic rings. The van der Waals surface area contributed by atoms with Gasteiger partial charge < -0.3 is 15.4 Å². The first-order valence-electron chi connectivity index (χ1n) is 7.81. The molecule has 25 heavy (non-hydrogen) atoms. The highest BCUT2D eigenvalue weighted by Crippen LogP contribution is 2.27. The molecular weight excluding hydrogens is 366 g/mol. The summed E-state index contributed by atoms with van der Waals surface area (Å²) in [5.74, 6) is -0.261. The summed E-state index contributed by atoms with van der Waals surface area (Å²) in [6.07, 6.45) is 1.78. The van der Waals surface area contributed by atoms with Crippen LogP contribution in [0.2, 0.25) is 5.02 Å². The molecule has 7 heteroatoms. The Morgan fingerprint density at radius 3 is 2.60 bits per heavy atom. The van der Waals surface area contributed by atoms with E-state index in [9.17, 15) is 9.18 Å². The molecule has 0 saturated carbocycles. The monoisotopic (exact) mass is 384 g/mol. The van der Waals surface area contributed by atoms with Gasteiger partial charge >= 0.3 is 0 Å². The van der Waals surface area contributed by atoms with Gasteiger partial charge in [-0.2, -0.15) is 0 Å². The van der Waals surface area contributed by atoms with Gasteiger partial charge in [0.05, 0.1) is 0 Å². The van der Waals surface area contributed by atoms with E-state index in [4.69, 9.17) is 22.1 Å². The van der Waals surface area contributed by atoms with Crippen molar-refractivity contribution in [2.45, 2.75) is 18.9 Å². The zero-order valence-electron chi connectivity index (χ0n) is 13.5. The third kappa shape index (κ3) is 4.84. The molecule has 1 aliphatic heterocycles. The molecule has 134 valence electrons. The van der Waals surface area contributed by atoms with Crippen LogP contribution in [0, 0.1) is 5.82 Å². The number of likely N-dealkylation sites (tertiary alicyclic amines) is 1. The number of halogens is 3. The van der Waals surface area contributed by atoms with Crippen LogP contribution in [0.5, 0.6) is 11.5 Å². The Kier molecular flexibility index (Phi) is 6.64. The summed E-state index contributed by atoms with van der Waals surface area (Å²) in [6, 6.07) is 10.8. The molecule has 1 saturated heterocycles. The highest BCUT2D eigenvalue weighted by atomic mass is 35.5. The summed E-state index contributed by atoms with van der Waals surface area (Å²) in [6.45, 7) is 1.15. The summed E-state index contributed by atoms with van der Waals surface area (Å²) in [5, 5.41) is 0.573. The molecule has 4 nitrogen and oxygen atoms in total. The van der Waals surface area contributed by atoms with E-state index in [1.165, 1.54) is 12.1 Å². The van der Waals surface area contributed by atoms with Gasteiger partial charge in [0.15, 0.2) is 11.6 Å². The van der Waals surface area contributed by atoms with Crippen LogP contribution < -0.4 is 10.5 Å². The minimum atomic E-state index is -0.586. The molecule has 0 spiro atoms. The Hall–Kier alpha value is -1.82. The van der Waals surface area contributed by atoms with E-state index in [2.05, 4.69) is 0 Å². The summed E-state index contributed by atoms with van der Waals surface area (Å²) in [4.78, 5) is 14.1. The molecule has 0 radical (unpaired) electrons. The number of carbonyl (C=O) groups is 1. The average molecular weight is 385 g/mol. The van der Waals surface area contributed by atoms with Crippen LogP contribution in [0.1, 0.15) is 23.2 Å². The van der Waals surface area contributed by atoms with Gasteiger partial charge in [-0.3, -0.25) is 4.79 Å². The Labute approximate surface area is 157 Å². The molecule has 3 rings (SSSR count). The van der Waals surface area contributed by atoms with Gasteiger partial charge in [-0.05, 0) is 55.3 Å². The number of nitrogens with two attached hydrogens (primary N) is 1. The Morgan fingerprint density at radius 2 is 1.96 bits per heavy atom. The van der Waals surface area contributed by atoms with Crippen LogP contribution in [0.15, 0.2) is 42.5 Å². The topological polar surface area (TPSA) is 55.6 Å². The van der Waals surface area contributed by atoms with Crippen molar-refractivity contribution < 1.29 is 13.9 Å². The van der Waals surface area contributed by atoms with Crippen molar-refractivity contribution in [3.05, 3.63) is 58.9 Å². The predicted molar refractivity (Wildman–Crippen MR) is 98.3 cm³/mol. The van der Waals surface area contributed by atoms with Crippen LogP contribution in [0.3, 0.4) is 0 Å². The first kappa shape index (κ1) is 19.5. The lowest BCUT2D eigenvalue weighted by atomic mass is 10.1. The van der Waals surface area contributed by atoms with Gasteiger partial charge in [0.2, 0.25) is 0 Å². The average Bonchev–Trinajstić information content (AvgIpc) is 2.58. The number of piperidine rings is 1. The molecule has 1 atom stereocenters. The van der Waals surface area contributed by atoms with E-state index >= 15 is 0 Å². The predicted octanol–water partition coefficient (Wildman–Crippen LogP) is 4.26. The minimum Gasteiger partial charge on any atom is -0.454 e. The van der Waals surface area contributed by atoms with Gasteiger partial charge in [0.1, 0.15) is 5.75 Å². The molecule has 1 heterocycles. The van der Waals surface area contributed by atoms with Gasteiger partial charge in [0.25, 0.3) is 5.91 Å². The van der Waals surface area contributed by atoms with Crippen molar-refractivity contribution in [2.24, 2.45) is 5.73 Å². The lowest BCUT2D eigenvalue weighted by Crippen LogP contribution is -2.45. The summed E-state index contributed by atoms with van der Waals surface area (Å²) >= 11 is 5.80. The standard InChI is InChI=1S/C18H18ClFN2O2.ClH/c19-13-4-6-15(7-5-13)24-17-8-3-12(10-16(17)20)18(23)22-9-1-2-14(21)11-22;/h3-8,10,14H,1-2,9,11,21H2;1H. The fourth-order valence-corrected chi connectivity index (χ4v) is 2.85. The minimum absolute atomic E-state index is 0. The Bertz CT molecular complexity index is 740. The number of benzene rings is 2. The maximum absolute atomic E-state index is 14.3.